The van der Waals surface area contributed by atoms with Gasteiger partial charge < -0.3 is 15.6 Å². The van der Waals surface area contributed by atoms with Gasteiger partial charge >= 0.3 is 11.9 Å². The number of hydrogen-bond acceptors (Lipinski definition) is 9. The zero-order valence-electron chi connectivity index (χ0n) is 19.4. The van der Waals surface area contributed by atoms with Gasteiger partial charge in [0.15, 0.2) is 17.1 Å². The molecule has 2 aliphatic rings. The second-order valence-electron chi connectivity index (χ2n) is 9.37. The summed E-state index contributed by atoms with van der Waals surface area (Å²) in [5.41, 5.74) is 7.08. The summed E-state index contributed by atoms with van der Waals surface area (Å²) in [6.45, 7) is 4.47. The Kier molecular flexibility index (Phi) is 5.75. The van der Waals surface area contributed by atoms with E-state index in [1.165, 1.54) is 0 Å². The first-order valence-corrected chi connectivity index (χ1v) is 12.1. The molecule has 1 atom stereocenters. The van der Waals surface area contributed by atoms with E-state index < -0.39 is 35.1 Å². The van der Waals surface area contributed by atoms with E-state index in [-0.39, 0.29) is 16.8 Å². The van der Waals surface area contributed by atoms with Gasteiger partial charge in [-0.1, -0.05) is 13.8 Å². The van der Waals surface area contributed by atoms with Crippen LogP contribution in [0.25, 0.3) is 11.4 Å². The lowest BCUT2D eigenvalue weighted by molar-refractivity contribution is -0.166. The van der Waals surface area contributed by atoms with Gasteiger partial charge in [-0.05, 0) is 36.7 Å². The number of nitrogens with zero attached hydrogens (tertiary/aromatic N) is 5. The number of hydrogen-bond donors (Lipinski definition) is 3. The Bertz CT molecular complexity index is 1360. The molecule has 0 saturated carbocycles. The molecule has 0 aromatic carbocycles. The van der Waals surface area contributed by atoms with Crippen LogP contribution in [0.3, 0.4) is 0 Å². The number of ether oxygens (including phenoxy) is 1. The minimum Gasteiger partial charge on any atom is -0.476 e. The van der Waals surface area contributed by atoms with Crippen molar-refractivity contribution in [1.29, 1.82) is 0 Å². The third-order valence-corrected chi connectivity index (χ3v) is 7.04. The second-order valence-corrected chi connectivity index (χ2v) is 10.2. The van der Waals surface area contributed by atoms with Crippen molar-refractivity contribution in [1.82, 2.24) is 24.7 Å². The highest BCUT2D eigenvalue weighted by molar-refractivity contribution is 7.14. The molecule has 0 spiro atoms. The number of carboxylic acids is 1. The first kappa shape index (κ1) is 24.2. The van der Waals surface area contributed by atoms with Gasteiger partial charge in [-0.25, -0.2) is 24.4 Å². The molecule has 4 N–H and O–H groups in total. The average molecular weight is 520 g/mol. The summed E-state index contributed by atoms with van der Waals surface area (Å²) in [5.74, 6) is -7.09. The van der Waals surface area contributed by atoms with Gasteiger partial charge in [0.1, 0.15) is 5.69 Å². The molecule has 1 amide bonds. The van der Waals surface area contributed by atoms with Crippen molar-refractivity contribution in [2.45, 2.75) is 57.1 Å². The highest BCUT2D eigenvalue weighted by Gasteiger charge is 2.44. The molecule has 1 aliphatic carbocycles. The fraction of sp³-hybridized carbons (Fsp3) is 0.455. The summed E-state index contributed by atoms with van der Waals surface area (Å²) in [5, 5.41) is 16.6. The highest BCUT2D eigenvalue weighted by atomic mass is 32.1. The standard InChI is InChI=1S/C22H23F2N7O4S/c1-21(2)7-10-8-26-19(25)28-14(10)16-13(21)15(30-31(16)12-5-3-4-6-35-12)17(32)29-20-27-11(9-36-20)22(23,24)18(33)34/h8-9,12H,3-7H2,1-2H3,(H,33,34)(H2,25,26,28)(H,27,29,32). The van der Waals surface area contributed by atoms with E-state index in [0.29, 0.717) is 47.7 Å². The molecule has 1 aliphatic heterocycles. The lowest BCUT2D eigenvalue weighted by Gasteiger charge is -2.33. The number of carboxylic acid groups (broad SMARTS) is 1. The van der Waals surface area contributed by atoms with E-state index in [0.717, 1.165) is 23.8 Å². The van der Waals surface area contributed by atoms with E-state index in [4.69, 9.17) is 15.6 Å². The number of nitrogen functional groups attached to an aromatic ring is 1. The van der Waals surface area contributed by atoms with Crippen molar-refractivity contribution >= 4 is 34.3 Å². The minimum atomic E-state index is -4.18. The Morgan fingerprint density at radius 1 is 1.33 bits per heavy atom. The number of amides is 1. The van der Waals surface area contributed by atoms with E-state index >= 15 is 0 Å². The number of aliphatic carboxylic acids is 1. The van der Waals surface area contributed by atoms with Gasteiger partial charge in [0.2, 0.25) is 5.95 Å². The van der Waals surface area contributed by atoms with Crippen LogP contribution in [0.15, 0.2) is 11.6 Å². The number of carbonyl (C=O) groups excluding carboxylic acids is 1. The van der Waals surface area contributed by atoms with Crippen LogP contribution in [-0.4, -0.2) is 48.3 Å². The Balaban J connectivity index is 1.60. The number of anilines is 2. The van der Waals surface area contributed by atoms with Crippen LogP contribution in [0, 0.1) is 0 Å². The fourth-order valence-electron chi connectivity index (χ4n) is 4.65. The van der Waals surface area contributed by atoms with Crippen LogP contribution in [0.5, 0.6) is 0 Å². The number of alkyl halides is 2. The lowest BCUT2D eigenvalue weighted by atomic mass is 9.73. The summed E-state index contributed by atoms with van der Waals surface area (Å²) in [6.07, 6.45) is 4.28. The second kappa shape index (κ2) is 8.55. The predicted octanol–water partition coefficient (Wildman–Crippen LogP) is 3.34. The van der Waals surface area contributed by atoms with Crippen molar-refractivity contribution in [3.8, 4) is 11.4 Å². The first-order chi connectivity index (χ1) is 17.0. The Hall–Kier alpha value is -3.52. The molecule has 36 heavy (non-hydrogen) atoms. The van der Waals surface area contributed by atoms with Gasteiger partial charge in [-0.15, -0.1) is 11.3 Å². The maximum Gasteiger partial charge on any atom is 0.385 e. The van der Waals surface area contributed by atoms with Crippen molar-refractivity contribution in [3.05, 3.63) is 34.1 Å². The average Bonchev–Trinajstić information content (AvgIpc) is 3.46. The monoisotopic (exact) mass is 519 g/mol. The molecule has 5 rings (SSSR count). The number of halogens is 2. The number of nitrogens with two attached hydrogens (primary N) is 1. The normalized spacial score (nSPS) is 18.8. The van der Waals surface area contributed by atoms with Crippen LogP contribution in [0.4, 0.5) is 19.9 Å². The Morgan fingerprint density at radius 3 is 2.81 bits per heavy atom. The van der Waals surface area contributed by atoms with E-state index in [2.05, 4.69) is 25.4 Å². The topological polar surface area (TPSA) is 158 Å². The number of nitrogens with one attached hydrogen (secondary N) is 1. The summed E-state index contributed by atoms with van der Waals surface area (Å²) >= 11 is 0.697. The predicted molar refractivity (Wildman–Crippen MR) is 125 cm³/mol. The number of fused-ring (bicyclic) bond motifs is 3. The summed E-state index contributed by atoms with van der Waals surface area (Å²) in [6, 6.07) is 0. The maximum atomic E-state index is 13.8. The minimum absolute atomic E-state index is 0.0775. The van der Waals surface area contributed by atoms with Crippen molar-refractivity contribution in [3.63, 3.8) is 0 Å². The van der Waals surface area contributed by atoms with Crippen molar-refractivity contribution < 1.29 is 28.2 Å². The number of aromatic nitrogens is 5. The molecule has 14 heteroatoms. The molecule has 190 valence electrons. The molecule has 11 nitrogen and oxygen atoms in total. The number of thiazole rings is 1. The van der Waals surface area contributed by atoms with Gasteiger partial charge in [0.05, 0.1) is 11.4 Å². The third kappa shape index (κ3) is 3.99. The van der Waals surface area contributed by atoms with E-state index in [9.17, 15) is 18.4 Å². The smallest absolute Gasteiger partial charge is 0.385 e. The summed E-state index contributed by atoms with van der Waals surface area (Å²) in [7, 11) is 0. The zero-order chi connectivity index (χ0) is 25.8. The highest BCUT2D eigenvalue weighted by Crippen LogP contribution is 2.46. The van der Waals surface area contributed by atoms with Gasteiger partial charge in [-0.3, -0.25) is 10.1 Å². The summed E-state index contributed by atoms with van der Waals surface area (Å²) in [4.78, 5) is 36.5. The maximum absolute atomic E-state index is 13.8. The zero-order valence-corrected chi connectivity index (χ0v) is 20.2. The van der Waals surface area contributed by atoms with E-state index in [1.54, 1.807) is 10.9 Å². The van der Waals surface area contributed by atoms with Crippen molar-refractivity contribution in [2.75, 3.05) is 17.7 Å². The van der Waals surface area contributed by atoms with Gasteiger partial charge in [-0.2, -0.15) is 13.9 Å². The molecule has 0 bridgehead atoms. The Labute approximate surface area is 207 Å². The van der Waals surface area contributed by atoms with Crippen LogP contribution < -0.4 is 11.1 Å². The molecule has 1 fully saturated rings. The van der Waals surface area contributed by atoms with Crippen LogP contribution >= 0.6 is 11.3 Å². The fourth-order valence-corrected chi connectivity index (χ4v) is 5.37. The van der Waals surface area contributed by atoms with Crippen LogP contribution in [-0.2, 0) is 27.3 Å². The first-order valence-electron chi connectivity index (χ1n) is 11.2. The quantitative estimate of drug-likeness (QED) is 0.460. The molecule has 3 aromatic heterocycles. The van der Waals surface area contributed by atoms with Gasteiger partial charge in [0, 0.05) is 23.7 Å². The molecule has 3 aromatic rings. The van der Waals surface area contributed by atoms with Crippen molar-refractivity contribution in [2.24, 2.45) is 0 Å². The number of rotatable bonds is 5. The Morgan fingerprint density at radius 2 is 2.11 bits per heavy atom. The molecular weight excluding hydrogens is 496 g/mol. The number of carbonyl (C=O) groups is 2. The van der Waals surface area contributed by atoms with Gasteiger partial charge in [0.25, 0.3) is 5.91 Å². The van der Waals surface area contributed by atoms with Crippen LogP contribution in [0.2, 0.25) is 0 Å². The SMILES string of the molecule is CC1(C)Cc2cnc(N)nc2-c2c1c(C(=O)Nc1nc(C(F)(F)C(=O)O)cs1)nn2C1CCCCO1. The lowest BCUT2D eigenvalue weighted by Crippen LogP contribution is -2.30. The molecule has 1 saturated heterocycles. The third-order valence-electron chi connectivity index (χ3n) is 6.29. The van der Waals surface area contributed by atoms with Crippen LogP contribution in [0.1, 0.15) is 66.6 Å². The molecule has 1 unspecified atom stereocenters. The molecule has 4 heterocycles. The molecule has 0 radical (unpaired) electrons. The molecular formula is C22H23F2N7O4S. The largest absolute Gasteiger partial charge is 0.476 e. The summed E-state index contributed by atoms with van der Waals surface area (Å²) < 4.78 is 35.3. The van der Waals surface area contributed by atoms with E-state index in [1.807, 2.05) is 13.8 Å².